The number of hydrogen-bond acceptors (Lipinski definition) is 5. The van der Waals surface area contributed by atoms with E-state index in [1.165, 1.54) is 18.2 Å². The zero-order chi connectivity index (χ0) is 15.5. The van der Waals surface area contributed by atoms with Crippen LogP contribution >= 0.6 is 0 Å². The fourth-order valence-electron chi connectivity index (χ4n) is 2.01. The van der Waals surface area contributed by atoms with Gasteiger partial charge in [0.25, 0.3) is 5.69 Å². The fraction of sp³-hybridized carbons (Fsp3) is 0.188. The van der Waals surface area contributed by atoms with E-state index in [1.807, 2.05) is 0 Å². The third-order valence-electron chi connectivity index (χ3n) is 3.24. The van der Waals surface area contributed by atoms with E-state index in [0.717, 1.165) is 0 Å². The molecule has 6 nitrogen and oxygen atoms in total. The number of hydrogen-bond donors (Lipinski definition) is 0. The lowest BCUT2D eigenvalue weighted by atomic mass is 10.0. The van der Waals surface area contributed by atoms with Crippen molar-refractivity contribution in [1.82, 2.24) is 0 Å². The van der Waals surface area contributed by atoms with Crippen LogP contribution in [0.15, 0.2) is 48.5 Å². The van der Waals surface area contributed by atoms with E-state index < -0.39 is 4.92 Å². The molecule has 1 fully saturated rings. The molecule has 1 unspecified atom stereocenters. The summed E-state index contributed by atoms with van der Waals surface area (Å²) in [7, 11) is 0. The first-order valence-corrected chi connectivity index (χ1v) is 6.77. The maximum atomic E-state index is 12.4. The molecule has 0 saturated carbocycles. The summed E-state index contributed by atoms with van der Waals surface area (Å²) in [6.07, 6.45) is 0.0348. The molecular weight excluding hydrogens is 286 g/mol. The first-order valence-electron chi connectivity index (χ1n) is 6.77. The lowest BCUT2D eigenvalue weighted by molar-refractivity contribution is -0.385. The number of nitro groups is 1. The van der Waals surface area contributed by atoms with Crippen molar-refractivity contribution in [3.8, 4) is 5.75 Å². The maximum absolute atomic E-state index is 12.4. The second kappa shape index (κ2) is 5.95. The van der Waals surface area contributed by atoms with Gasteiger partial charge in [-0.05, 0) is 6.07 Å². The second-order valence-corrected chi connectivity index (χ2v) is 4.93. The van der Waals surface area contributed by atoms with E-state index in [-0.39, 0.29) is 23.1 Å². The molecule has 1 aliphatic heterocycles. The van der Waals surface area contributed by atoms with Gasteiger partial charge < -0.3 is 9.47 Å². The molecule has 0 bridgehead atoms. The van der Waals surface area contributed by atoms with Crippen molar-refractivity contribution in [2.45, 2.75) is 6.10 Å². The van der Waals surface area contributed by atoms with Crippen LogP contribution in [0.2, 0.25) is 0 Å². The number of epoxide rings is 1. The minimum Gasteiger partial charge on any atom is -0.491 e. The average molecular weight is 299 g/mol. The third-order valence-corrected chi connectivity index (χ3v) is 3.24. The number of non-ortho nitro benzene ring substituents is 1. The summed E-state index contributed by atoms with van der Waals surface area (Å²) >= 11 is 0. The summed E-state index contributed by atoms with van der Waals surface area (Å²) in [5.74, 6) is 0.0146. The molecule has 1 atom stereocenters. The van der Waals surface area contributed by atoms with Gasteiger partial charge in [-0.3, -0.25) is 14.9 Å². The van der Waals surface area contributed by atoms with Crippen LogP contribution in [-0.2, 0) is 4.74 Å². The molecule has 0 radical (unpaired) electrons. The van der Waals surface area contributed by atoms with Crippen molar-refractivity contribution in [2.24, 2.45) is 0 Å². The third kappa shape index (κ3) is 3.29. The van der Waals surface area contributed by atoms with Gasteiger partial charge in [-0.1, -0.05) is 30.3 Å². The van der Waals surface area contributed by atoms with Gasteiger partial charge >= 0.3 is 0 Å². The highest BCUT2D eigenvalue weighted by molar-refractivity contribution is 6.09. The molecule has 0 aromatic heterocycles. The molecule has 1 aliphatic rings. The van der Waals surface area contributed by atoms with Crippen LogP contribution in [0.3, 0.4) is 0 Å². The molecule has 0 aliphatic carbocycles. The van der Waals surface area contributed by atoms with E-state index in [9.17, 15) is 14.9 Å². The predicted molar refractivity (Wildman–Crippen MR) is 78.2 cm³/mol. The van der Waals surface area contributed by atoms with Crippen molar-refractivity contribution in [3.05, 3.63) is 69.8 Å². The van der Waals surface area contributed by atoms with Crippen LogP contribution in [-0.4, -0.2) is 30.0 Å². The van der Waals surface area contributed by atoms with Gasteiger partial charge in [-0.2, -0.15) is 0 Å². The summed E-state index contributed by atoms with van der Waals surface area (Å²) in [6.45, 7) is 0.949. The Kier molecular flexibility index (Phi) is 3.84. The highest BCUT2D eigenvalue weighted by Crippen LogP contribution is 2.25. The van der Waals surface area contributed by atoms with Crippen molar-refractivity contribution in [1.29, 1.82) is 0 Å². The van der Waals surface area contributed by atoms with Crippen LogP contribution in [0.25, 0.3) is 0 Å². The topological polar surface area (TPSA) is 82.0 Å². The van der Waals surface area contributed by atoms with Gasteiger partial charge in [-0.25, -0.2) is 0 Å². The van der Waals surface area contributed by atoms with E-state index >= 15 is 0 Å². The lowest BCUT2D eigenvalue weighted by Gasteiger charge is -2.07. The molecule has 22 heavy (non-hydrogen) atoms. The van der Waals surface area contributed by atoms with Gasteiger partial charge in [0, 0.05) is 17.2 Å². The number of benzene rings is 2. The zero-order valence-electron chi connectivity index (χ0n) is 11.6. The van der Waals surface area contributed by atoms with Crippen molar-refractivity contribution in [3.63, 3.8) is 0 Å². The zero-order valence-corrected chi connectivity index (χ0v) is 11.6. The summed E-state index contributed by atoms with van der Waals surface area (Å²) in [5, 5.41) is 11.0. The van der Waals surface area contributed by atoms with Crippen LogP contribution in [0.5, 0.6) is 5.75 Å². The molecule has 2 aromatic carbocycles. The van der Waals surface area contributed by atoms with Crippen LogP contribution in [0, 0.1) is 10.1 Å². The number of carbonyl (C=O) groups is 1. The quantitative estimate of drug-likeness (QED) is 0.354. The van der Waals surface area contributed by atoms with Crippen molar-refractivity contribution in [2.75, 3.05) is 13.2 Å². The first kappa shape index (κ1) is 14.2. The van der Waals surface area contributed by atoms with Gasteiger partial charge in [0.2, 0.25) is 0 Å². The Hall–Kier alpha value is -2.73. The predicted octanol–water partition coefficient (Wildman–Crippen LogP) is 2.60. The SMILES string of the molecule is O=C(c1ccccc1)c1cc(OCC2CO2)cc([N+](=O)[O-])c1. The van der Waals surface area contributed by atoms with E-state index in [2.05, 4.69) is 0 Å². The van der Waals surface area contributed by atoms with E-state index in [0.29, 0.717) is 24.5 Å². The van der Waals surface area contributed by atoms with E-state index in [4.69, 9.17) is 9.47 Å². The molecule has 6 heteroatoms. The molecule has 1 saturated heterocycles. The molecular formula is C16H13NO5. The average Bonchev–Trinajstić information content (AvgIpc) is 3.37. The van der Waals surface area contributed by atoms with Crippen LogP contribution in [0.4, 0.5) is 5.69 Å². The van der Waals surface area contributed by atoms with Crippen molar-refractivity contribution >= 4 is 11.5 Å². The van der Waals surface area contributed by atoms with Gasteiger partial charge in [0.1, 0.15) is 18.5 Å². The Morgan fingerprint density at radius 1 is 1.23 bits per heavy atom. The highest BCUT2D eigenvalue weighted by Gasteiger charge is 2.24. The smallest absolute Gasteiger partial charge is 0.273 e. The minimum absolute atomic E-state index is 0.0348. The fourth-order valence-corrected chi connectivity index (χ4v) is 2.01. The Morgan fingerprint density at radius 2 is 1.95 bits per heavy atom. The van der Waals surface area contributed by atoms with Crippen molar-refractivity contribution < 1.29 is 19.2 Å². The molecule has 0 amide bonds. The van der Waals surface area contributed by atoms with Gasteiger partial charge in [-0.15, -0.1) is 0 Å². The largest absolute Gasteiger partial charge is 0.491 e. The Morgan fingerprint density at radius 3 is 2.59 bits per heavy atom. The normalized spacial score (nSPS) is 16.1. The number of rotatable bonds is 6. The summed E-state index contributed by atoms with van der Waals surface area (Å²) in [6, 6.07) is 12.7. The molecule has 3 rings (SSSR count). The number of nitro benzene ring substituents is 1. The number of ketones is 1. The molecule has 1 heterocycles. The molecule has 112 valence electrons. The highest BCUT2D eigenvalue weighted by atomic mass is 16.6. The summed E-state index contributed by atoms with van der Waals surface area (Å²) in [4.78, 5) is 22.9. The Labute approximate surface area is 126 Å². The van der Waals surface area contributed by atoms with Gasteiger partial charge in [0.15, 0.2) is 5.78 Å². The van der Waals surface area contributed by atoms with Crippen LogP contribution < -0.4 is 4.74 Å². The standard InChI is InChI=1S/C16H13NO5/c18-16(11-4-2-1-3-5-11)12-6-13(17(19)20)8-14(7-12)21-9-15-10-22-15/h1-8,15H,9-10H2. The summed E-state index contributed by atoms with van der Waals surface area (Å²) in [5.41, 5.74) is 0.528. The number of nitrogens with zero attached hydrogens (tertiary/aromatic N) is 1. The first-order chi connectivity index (χ1) is 10.6. The molecule has 0 N–H and O–H groups in total. The summed E-state index contributed by atoms with van der Waals surface area (Å²) < 4.78 is 10.5. The number of ether oxygens (including phenoxy) is 2. The minimum atomic E-state index is -0.539. The second-order valence-electron chi connectivity index (χ2n) is 4.93. The van der Waals surface area contributed by atoms with Crippen LogP contribution in [0.1, 0.15) is 15.9 Å². The maximum Gasteiger partial charge on any atom is 0.273 e. The lowest BCUT2D eigenvalue weighted by Crippen LogP contribution is -2.07. The Bertz CT molecular complexity index is 710. The Balaban J connectivity index is 1.91. The number of carbonyl (C=O) groups excluding carboxylic acids is 1. The molecule has 2 aromatic rings. The monoisotopic (exact) mass is 299 g/mol. The molecule has 0 spiro atoms. The van der Waals surface area contributed by atoms with Gasteiger partial charge in [0.05, 0.1) is 17.6 Å². The van der Waals surface area contributed by atoms with E-state index in [1.54, 1.807) is 30.3 Å².